The number of esters is 1. The van der Waals surface area contributed by atoms with Gasteiger partial charge in [0.1, 0.15) is 23.7 Å². The van der Waals surface area contributed by atoms with Gasteiger partial charge in [-0.2, -0.15) is 0 Å². The molecule has 4 heterocycles. The number of nitrogens with two attached hydrogens (primary N) is 3. The van der Waals surface area contributed by atoms with Crippen molar-refractivity contribution in [2.45, 2.75) is 152 Å². The molecular formula is C40H69N4O9+. The summed E-state index contributed by atoms with van der Waals surface area (Å²) in [5, 5.41) is 50.4. The van der Waals surface area contributed by atoms with E-state index in [0.29, 0.717) is 43.7 Å². The van der Waals surface area contributed by atoms with E-state index < -0.39 is 65.9 Å². The number of carbonyl (C=O) groups excluding carboxylic acids is 2. The topological polar surface area (TPSA) is 223 Å². The van der Waals surface area contributed by atoms with Gasteiger partial charge in [0.25, 0.3) is 0 Å². The number of carbonyl (C=O) groups is 2. The minimum Gasteiger partial charge on any atom is -0.456 e. The molecule has 4 aliphatic heterocycles. The number of piperidine rings is 2. The molecule has 0 radical (unpaired) electrons. The summed E-state index contributed by atoms with van der Waals surface area (Å²) in [6, 6.07) is 0. The maximum Gasteiger partial charge on any atom is 0.333 e. The van der Waals surface area contributed by atoms with E-state index in [9.17, 15) is 30.0 Å². The molecule has 2 aliphatic carbocycles. The quantitative estimate of drug-likeness (QED) is 0.107. The zero-order valence-electron chi connectivity index (χ0n) is 32.2. The van der Waals surface area contributed by atoms with E-state index in [4.69, 9.17) is 25.7 Å². The Balaban J connectivity index is 1.44. The summed E-state index contributed by atoms with van der Waals surface area (Å²) in [6.07, 6.45) is 5.51. The van der Waals surface area contributed by atoms with Crippen molar-refractivity contribution in [2.75, 3.05) is 26.3 Å². The van der Waals surface area contributed by atoms with Crippen LogP contribution in [0.2, 0.25) is 0 Å². The van der Waals surface area contributed by atoms with Crippen LogP contribution in [0.25, 0.3) is 0 Å². The molecule has 11 N–H and O–H groups in total. The second-order valence-corrected chi connectivity index (χ2v) is 17.8. The first-order chi connectivity index (χ1) is 25.4. The summed E-state index contributed by atoms with van der Waals surface area (Å²) < 4.78 is 20.4. The molecular weight excluding hydrogens is 680 g/mol. The largest absolute Gasteiger partial charge is 0.456 e. The SMILES string of the molecule is CC=C(C)C(=O)OC1CC2C(O)C3C(=O)CC(CO)OC3C(C(C3CCNC(N)C3)C(CO)C3CCCC(O)C3)C2OC1(C)CCC1CCC(N)[NH2+]C1. The second kappa shape index (κ2) is 17.7. The van der Waals surface area contributed by atoms with Gasteiger partial charge >= 0.3 is 5.97 Å². The Morgan fingerprint density at radius 1 is 1.09 bits per heavy atom. The van der Waals surface area contributed by atoms with Crippen molar-refractivity contribution in [3.8, 4) is 0 Å². The lowest BCUT2D eigenvalue weighted by Crippen LogP contribution is -2.95. The van der Waals surface area contributed by atoms with Crippen molar-refractivity contribution < 1.29 is 49.5 Å². The smallest absolute Gasteiger partial charge is 0.333 e. The van der Waals surface area contributed by atoms with Crippen LogP contribution in [-0.4, -0.2) is 113 Å². The van der Waals surface area contributed by atoms with E-state index in [1.807, 2.05) is 6.92 Å². The highest BCUT2D eigenvalue weighted by atomic mass is 16.6. The monoisotopic (exact) mass is 750 g/mol. The number of quaternary nitrogens is 1. The number of hydrogen-bond acceptors (Lipinski definition) is 12. The molecule has 302 valence electrons. The molecule has 0 aromatic rings. The highest BCUT2D eigenvalue weighted by Crippen LogP contribution is 2.56. The number of allylic oxidation sites excluding steroid dienone is 1. The molecule has 0 amide bonds. The van der Waals surface area contributed by atoms with Crippen molar-refractivity contribution in [1.82, 2.24) is 5.32 Å². The van der Waals surface area contributed by atoms with E-state index in [1.54, 1.807) is 19.9 Å². The molecule has 6 rings (SSSR count). The van der Waals surface area contributed by atoms with Gasteiger partial charge in [0.05, 0.1) is 55.8 Å². The number of ether oxygens (including phenoxy) is 3. The molecule has 53 heavy (non-hydrogen) atoms. The van der Waals surface area contributed by atoms with E-state index >= 15 is 0 Å². The summed E-state index contributed by atoms with van der Waals surface area (Å²) in [6.45, 7) is 6.74. The molecule has 6 aliphatic rings. The zero-order chi connectivity index (χ0) is 38.0. The molecule has 0 bridgehead atoms. The number of hydrogen-bond donors (Lipinski definition) is 8. The van der Waals surface area contributed by atoms with Crippen LogP contribution in [0.4, 0.5) is 0 Å². The molecule has 2 saturated carbocycles. The van der Waals surface area contributed by atoms with Crippen molar-refractivity contribution in [1.29, 1.82) is 0 Å². The lowest BCUT2D eigenvalue weighted by Gasteiger charge is -2.61. The van der Waals surface area contributed by atoms with Crippen LogP contribution in [0.15, 0.2) is 11.6 Å². The van der Waals surface area contributed by atoms with E-state index in [1.165, 1.54) is 0 Å². The summed E-state index contributed by atoms with van der Waals surface area (Å²) in [5.74, 6) is -2.37. The highest BCUT2D eigenvalue weighted by Gasteiger charge is 2.64. The normalized spacial score (nSPS) is 45.1. The van der Waals surface area contributed by atoms with Gasteiger partial charge in [0.2, 0.25) is 0 Å². The molecule has 0 spiro atoms. The first kappa shape index (κ1) is 41.1. The molecule has 0 aromatic heterocycles. The minimum absolute atomic E-state index is 0.000488. The Hall–Kier alpha value is -1.52. The maximum absolute atomic E-state index is 14.1. The Kier molecular flexibility index (Phi) is 13.8. The van der Waals surface area contributed by atoms with Crippen molar-refractivity contribution >= 4 is 11.8 Å². The third-order valence-electron chi connectivity index (χ3n) is 14.5. The number of Topliss-reactive ketones (excluding diaryl/α,β-unsaturated/α-hetero) is 1. The molecule has 4 saturated heterocycles. The summed E-state index contributed by atoms with van der Waals surface area (Å²) >= 11 is 0. The predicted octanol–water partition coefficient (Wildman–Crippen LogP) is 0.453. The fourth-order valence-corrected chi connectivity index (χ4v) is 11.4. The van der Waals surface area contributed by atoms with Crippen LogP contribution in [0.1, 0.15) is 97.8 Å². The van der Waals surface area contributed by atoms with Crippen molar-refractivity contribution in [3.05, 3.63) is 11.6 Å². The molecule has 17 unspecified atom stereocenters. The fourth-order valence-electron chi connectivity index (χ4n) is 11.4. The Morgan fingerprint density at radius 3 is 2.55 bits per heavy atom. The van der Waals surface area contributed by atoms with Gasteiger partial charge < -0.3 is 51.0 Å². The van der Waals surface area contributed by atoms with E-state index in [0.717, 1.165) is 51.5 Å². The average molecular weight is 750 g/mol. The summed E-state index contributed by atoms with van der Waals surface area (Å²) in [4.78, 5) is 27.5. The van der Waals surface area contributed by atoms with Crippen LogP contribution in [0.5, 0.6) is 0 Å². The van der Waals surface area contributed by atoms with Gasteiger partial charge in [0.15, 0.2) is 0 Å². The number of aliphatic hydroxyl groups is 4. The first-order valence-electron chi connectivity index (χ1n) is 20.7. The van der Waals surface area contributed by atoms with Crippen molar-refractivity contribution in [2.24, 2.45) is 58.8 Å². The summed E-state index contributed by atoms with van der Waals surface area (Å²) in [5.41, 5.74) is 12.3. The Labute approximate surface area is 315 Å². The summed E-state index contributed by atoms with van der Waals surface area (Å²) in [7, 11) is 0. The minimum atomic E-state index is -1.11. The molecule has 13 nitrogen and oxygen atoms in total. The highest BCUT2D eigenvalue weighted by molar-refractivity contribution is 5.87. The fraction of sp³-hybridized carbons (Fsp3) is 0.900. The number of fused-ring (bicyclic) bond motifs is 2. The molecule has 0 aromatic carbocycles. The van der Waals surface area contributed by atoms with Crippen LogP contribution in [0.3, 0.4) is 0 Å². The van der Waals surface area contributed by atoms with Gasteiger partial charge in [-0.3, -0.25) is 10.5 Å². The van der Waals surface area contributed by atoms with Crippen LogP contribution < -0.4 is 22.1 Å². The first-order valence-corrected chi connectivity index (χ1v) is 20.7. The second-order valence-electron chi connectivity index (χ2n) is 17.8. The predicted molar refractivity (Wildman–Crippen MR) is 197 cm³/mol. The lowest BCUT2D eigenvalue weighted by molar-refractivity contribution is -0.703. The number of nitrogens with one attached hydrogen (secondary N) is 1. The van der Waals surface area contributed by atoms with Gasteiger partial charge in [0, 0.05) is 42.8 Å². The standard InChI is InChI=1S/C40H68N4O9/c1-4-21(2)39(50)52-30-17-27-36(49)34-29(48)16-26(19-45)51-38(34)35(37(27)53-40(30,3)12-10-22-8-9-31(41)44-18-22)33(24-11-13-43-32(42)15-24)28(20-46)23-6-5-7-25(47)14-23/h4,22-28,30-38,43-47,49H,5-20,41-42H2,1-3H3/p+1. The van der Waals surface area contributed by atoms with Crippen LogP contribution >= 0.6 is 0 Å². The van der Waals surface area contributed by atoms with Gasteiger partial charge in [-0.25, -0.2) is 4.79 Å². The maximum atomic E-state index is 14.1. The van der Waals surface area contributed by atoms with E-state index in [-0.39, 0.29) is 61.4 Å². The van der Waals surface area contributed by atoms with Gasteiger partial charge in [-0.1, -0.05) is 12.5 Å². The molecule has 13 heteroatoms. The third kappa shape index (κ3) is 8.90. The Morgan fingerprint density at radius 2 is 1.89 bits per heavy atom. The molecule has 6 fully saturated rings. The van der Waals surface area contributed by atoms with Crippen molar-refractivity contribution in [3.63, 3.8) is 0 Å². The van der Waals surface area contributed by atoms with E-state index in [2.05, 4.69) is 10.6 Å². The zero-order valence-corrected chi connectivity index (χ0v) is 32.2. The van der Waals surface area contributed by atoms with Crippen LogP contribution in [-0.2, 0) is 23.8 Å². The van der Waals surface area contributed by atoms with Gasteiger partial charge in [-0.05, 0) is 109 Å². The van der Waals surface area contributed by atoms with Gasteiger partial charge in [-0.15, -0.1) is 0 Å². The Bertz CT molecular complexity index is 1280. The lowest BCUT2D eigenvalue weighted by atomic mass is 9.53. The van der Waals surface area contributed by atoms with Crippen LogP contribution in [0, 0.1) is 47.3 Å². The average Bonchev–Trinajstić information content (AvgIpc) is 3.14. The number of rotatable bonds is 11. The number of ketones is 1. The third-order valence-corrected chi connectivity index (χ3v) is 14.5. The number of aliphatic hydroxyl groups excluding tert-OH is 4. The molecule has 17 atom stereocenters.